The molecule has 0 unspecified atom stereocenters. The summed E-state index contributed by atoms with van der Waals surface area (Å²) in [5.41, 5.74) is 6.74. The van der Waals surface area contributed by atoms with Gasteiger partial charge in [0.1, 0.15) is 11.5 Å². The highest BCUT2D eigenvalue weighted by Gasteiger charge is 2.37. The molecule has 8 heteroatoms. The number of rotatable bonds is 10. The van der Waals surface area contributed by atoms with Crippen molar-refractivity contribution in [3.63, 3.8) is 0 Å². The van der Waals surface area contributed by atoms with Gasteiger partial charge in [0.2, 0.25) is 0 Å². The minimum Gasteiger partial charge on any atom is -0.535 e. The third kappa shape index (κ3) is 6.65. The van der Waals surface area contributed by atoms with Crippen LogP contribution in [-0.4, -0.2) is 42.1 Å². The van der Waals surface area contributed by atoms with Crippen LogP contribution in [0.25, 0.3) is 0 Å². The molecule has 1 aromatic rings. The van der Waals surface area contributed by atoms with Crippen molar-refractivity contribution in [1.82, 2.24) is 5.32 Å². The molecule has 1 heterocycles. The largest absolute Gasteiger partial charge is 0.535 e. The fourth-order valence-corrected chi connectivity index (χ4v) is 4.79. The molecule has 5 N–H and O–H groups in total. The number of amidine groups is 1. The highest BCUT2D eigenvalue weighted by Crippen LogP contribution is 2.37. The molecule has 1 fully saturated rings. The summed E-state index contributed by atoms with van der Waals surface area (Å²) in [4.78, 5) is 24.5. The van der Waals surface area contributed by atoms with Crippen LogP contribution in [0.5, 0.6) is 5.75 Å². The average molecular weight is 427 g/mol. The number of ketones is 2. The van der Waals surface area contributed by atoms with E-state index in [1.54, 1.807) is 6.07 Å². The number of hydrogen-bond acceptors (Lipinski definition) is 6. The summed E-state index contributed by atoms with van der Waals surface area (Å²) in [6.07, 6.45) is 7.11. The molecule has 0 radical (unpaired) electrons. The molecule has 1 aromatic carbocycles. The Hall–Kier alpha value is -2.19. The molecule has 1 atom stereocenters. The van der Waals surface area contributed by atoms with Gasteiger partial charge in [-0.2, -0.15) is 0 Å². The molecule has 1 aliphatic carbocycles. The van der Waals surface area contributed by atoms with E-state index in [0.717, 1.165) is 44.2 Å². The standard InChI is InChI=1S/C23H34BN3O4/c1-15(28)21-5-2-4-17-13-18(24(30)31-23(17)21)14-20(29)12-16-7-9-19(10-8-16)27-11-3-6-22(25)26/h2,4-5,16,18-19,27,30H,3,6-14H2,1H3,(H3,25,26)/t16?,18-,19?/m1/s1. The molecule has 0 amide bonds. The maximum Gasteiger partial charge on any atom is 0.526 e. The van der Waals surface area contributed by atoms with Gasteiger partial charge in [0.15, 0.2) is 5.78 Å². The van der Waals surface area contributed by atoms with E-state index in [0.29, 0.717) is 49.0 Å². The molecular formula is C23H34BN3O4. The molecule has 1 saturated carbocycles. The minimum atomic E-state index is -1.06. The zero-order valence-electron chi connectivity index (χ0n) is 18.4. The molecule has 7 nitrogen and oxygen atoms in total. The maximum atomic E-state index is 12.7. The second kappa shape index (κ2) is 10.9. The van der Waals surface area contributed by atoms with E-state index >= 15 is 0 Å². The third-order valence-corrected chi connectivity index (χ3v) is 6.51. The van der Waals surface area contributed by atoms with Gasteiger partial charge in [0, 0.05) is 31.1 Å². The Bertz CT molecular complexity index is 808. The van der Waals surface area contributed by atoms with Gasteiger partial charge in [-0.3, -0.25) is 15.0 Å². The Morgan fingerprint density at radius 3 is 2.68 bits per heavy atom. The van der Waals surface area contributed by atoms with Crippen LogP contribution >= 0.6 is 0 Å². The summed E-state index contributed by atoms with van der Waals surface area (Å²) >= 11 is 0. The summed E-state index contributed by atoms with van der Waals surface area (Å²) < 4.78 is 5.66. The fraction of sp³-hybridized carbons (Fsp3) is 0.609. The van der Waals surface area contributed by atoms with Crippen molar-refractivity contribution in [3.8, 4) is 5.75 Å². The monoisotopic (exact) mass is 427 g/mol. The van der Waals surface area contributed by atoms with Crippen LogP contribution in [0.1, 0.15) is 74.2 Å². The van der Waals surface area contributed by atoms with Gasteiger partial charge in [-0.1, -0.05) is 12.1 Å². The predicted molar refractivity (Wildman–Crippen MR) is 122 cm³/mol. The number of hydrogen-bond donors (Lipinski definition) is 4. The number of Topliss-reactive ketones (excluding diaryl/α,β-unsaturated/α-hetero) is 2. The van der Waals surface area contributed by atoms with Gasteiger partial charge in [-0.05, 0) is 69.5 Å². The molecule has 3 rings (SSSR count). The van der Waals surface area contributed by atoms with Crippen molar-refractivity contribution in [3.05, 3.63) is 29.3 Å². The Labute approximate surface area is 184 Å². The molecule has 0 bridgehead atoms. The van der Waals surface area contributed by atoms with Crippen LogP contribution in [0, 0.1) is 11.3 Å². The van der Waals surface area contributed by atoms with Crippen molar-refractivity contribution < 1.29 is 19.3 Å². The molecule has 2 aliphatic rings. The third-order valence-electron chi connectivity index (χ3n) is 6.51. The summed E-state index contributed by atoms with van der Waals surface area (Å²) in [6.45, 7) is 2.36. The summed E-state index contributed by atoms with van der Waals surface area (Å²) in [5, 5.41) is 21.2. The lowest BCUT2D eigenvalue weighted by Crippen LogP contribution is -2.36. The first-order chi connectivity index (χ1) is 14.8. The SMILES string of the molecule is CC(=O)c1cccc2c1OB(O)[C@@H](CC(=O)CC1CCC(NCCCC(=N)N)CC1)C2. The second-order valence-electron chi connectivity index (χ2n) is 9.07. The highest BCUT2D eigenvalue weighted by atomic mass is 16.5. The second-order valence-corrected chi connectivity index (χ2v) is 9.07. The van der Waals surface area contributed by atoms with E-state index in [4.69, 9.17) is 15.8 Å². The number of para-hydroxylation sites is 1. The normalized spacial score (nSPS) is 23.0. The first-order valence-corrected chi connectivity index (χ1v) is 11.4. The van der Waals surface area contributed by atoms with Crippen molar-refractivity contribution in [1.29, 1.82) is 5.41 Å². The number of benzene rings is 1. The Morgan fingerprint density at radius 2 is 2.00 bits per heavy atom. The number of nitrogens with one attached hydrogen (secondary N) is 2. The van der Waals surface area contributed by atoms with Crippen LogP contribution in [-0.2, 0) is 11.2 Å². The maximum absolute atomic E-state index is 12.7. The Morgan fingerprint density at radius 1 is 1.26 bits per heavy atom. The van der Waals surface area contributed by atoms with Gasteiger partial charge in [0.25, 0.3) is 0 Å². The van der Waals surface area contributed by atoms with E-state index in [1.165, 1.54) is 6.92 Å². The zero-order chi connectivity index (χ0) is 22.4. The van der Waals surface area contributed by atoms with Crippen molar-refractivity contribution in [2.45, 2.75) is 76.6 Å². The molecule has 1 aliphatic heterocycles. The lowest BCUT2D eigenvalue weighted by atomic mass is 9.64. The van der Waals surface area contributed by atoms with Crippen molar-refractivity contribution in [2.75, 3.05) is 6.54 Å². The summed E-state index contributed by atoms with van der Waals surface area (Å²) in [5.74, 6) is 0.905. The number of nitrogens with two attached hydrogens (primary N) is 1. The van der Waals surface area contributed by atoms with E-state index < -0.39 is 7.12 Å². The first kappa shape index (κ1) is 23.5. The zero-order valence-corrected chi connectivity index (χ0v) is 18.4. The average Bonchev–Trinajstić information content (AvgIpc) is 2.72. The quantitative estimate of drug-likeness (QED) is 0.150. The topological polar surface area (TPSA) is 125 Å². The minimum absolute atomic E-state index is 0.0949. The number of carbonyl (C=O) groups excluding carboxylic acids is 2. The van der Waals surface area contributed by atoms with Gasteiger partial charge in [0.05, 0.1) is 11.4 Å². The van der Waals surface area contributed by atoms with E-state index in [-0.39, 0.29) is 23.2 Å². The van der Waals surface area contributed by atoms with Gasteiger partial charge in [-0.15, -0.1) is 0 Å². The molecule has 31 heavy (non-hydrogen) atoms. The lowest BCUT2D eigenvalue weighted by Gasteiger charge is -2.30. The van der Waals surface area contributed by atoms with Crippen molar-refractivity contribution >= 4 is 24.5 Å². The first-order valence-electron chi connectivity index (χ1n) is 11.4. The molecule has 0 spiro atoms. The summed E-state index contributed by atoms with van der Waals surface area (Å²) in [7, 11) is -1.06. The van der Waals surface area contributed by atoms with Gasteiger partial charge >= 0.3 is 7.12 Å². The molecule has 0 aromatic heterocycles. The molecule has 168 valence electrons. The fourth-order valence-electron chi connectivity index (χ4n) is 4.79. The van der Waals surface area contributed by atoms with Crippen LogP contribution in [0.15, 0.2) is 18.2 Å². The van der Waals surface area contributed by atoms with Gasteiger partial charge < -0.3 is 20.7 Å². The molecule has 0 saturated heterocycles. The van der Waals surface area contributed by atoms with Gasteiger partial charge in [-0.25, -0.2) is 0 Å². The lowest BCUT2D eigenvalue weighted by molar-refractivity contribution is -0.120. The smallest absolute Gasteiger partial charge is 0.526 e. The Kier molecular flexibility index (Phi) is 8.26. The van der Waals surface area contributed by atoms with E-state index in [1.807, 2.05) is 12.1 Å². The van der Waals surface area contributed by atoms with Crippen LogP contribution in [0.3, 0.4) is 0 Å². The molecular weight excluding hydrogens is 393 g/mol. The van der Waals surface area contributed by atoms with Crippen LogP contribution in [0.2, 0.25) is 5.82 Å². The van der Waals surface area contributed by atoms with Crippen molar-refractivity contribution in [2.24, 2.45) is 11.7 Å². The van der Waals surface area contributed by atoms with E-state index in [2.05, 4.69) is 5.32 Å². The van der Waals surface area contributed by atoms with E-state index in [9.17, 15) is 14.6 Å². The number of carbonyl (C=O) groups is 2. The highest BCUT2D eigenvalue weighted by molar-refractivity contribution is 6.47. The summed E-state index contributed by atoms with van der Waals surface area (Å²) in [6, 6.07) is 5.91. The van der Waals surface area contributed by atoms with Crippen LogP contribution < -0.4 is 15.7 Å². The number of fused-ring (bicyclic) bond motifs is 1. The van der Waals surface area contributed by atoms with Crippen LogP contribution in [0.4, 0.5) is 0 Å². The Balaban J connectivity index is 1.43. The predicted octanol–water partition coefficient (Wildman–Crippen LogP) is 2.89.